The monoisotopic (exact) mass is 285 g/mol. The normalized spacial score (nSPS) is 11.9. The molecule has 0 aliphatic heterocycles. The van der Waals surface area contributed by atoms with E-state index in [0.717, 1.165) is 6.42 Å². The molecule has 0 saturated heterocycles. The van der Waals surface area contributed by atoms with Crippen LogP contribution in [0.1, 0.15) is 19.8 Å². The lowest BCUT2D eigenvalue weighted by Crippen LogP contribution is -2.21. The molecule has 0 aliphatic rings. The van der Waals surface area contributed by atoms with Gasteiger partial charge in [0.25, 0.3) is 5.69 Å². The third-order valence-electron chi connectivity index (χ3n) is 2.70. The van der Waals surface area contributed by atoms with Gasteiger partial charge in [-0.05, 0) is 31.5 Å². The van der Waals surface area contributed by atoms with Gasteiger partial charge >= 0.3 is 0 Å². The quantitative estimate of drug-likeness (QED) is 0.620. The molecule has 7 heteroatoms. The lowest BCUT2D eigenvalue weighted by molar-refractivity contribution is -0.383. The van der Waals surface area contributed by atoms with Crippen molar-refractivity contribution in [3.05, 3.63) is 33.3 Å². The number of rotatable bonds is 6. The second-order valence-corrected chi connectivity index (χ2v) is 4.68. The second kappa shape index (κ2) is 7.06. The van der Waals surface area contributed by atoms with Crippen molar-refractivity contribution in [1.29, 1.82) is 0 Å². The van der Waals surface area contributed by atoms with Gasteiger partial charge in [0, 0.05) is 17.0 Å². The highest BCUT2D eigenvalue weighted by atomic mass is 35.5. The molecule has 1 aromatic rings. The van der Waals surface area contributed by atoms with Gasteiger partial charge in [-0.1, -0.05) is 18.5 Å². The molecule has 1 aromatic carbocycles. The predicted molar refractivity (Wildman–Crippen MR) is 74.2 cm³/mol. The van der Waals surface area contributed by atoms with Crippen LogP contribution >= 0.6 is 11.6 Å². The first-order valence-corrected chi connectivity index (χ1v) is 6.28. The molecule has 1 unspecified atom stereocenters. The Morgan fingerprint density at radius 3 is 2.84 bits per heavy atom. The summed E-state index contributed by atoms with van der Waals surface area (Å²) in [6.07, 6.45) is 1.36. The second-order valence-electron chi connectivity index (χ2n) is 4.24. The number of nitro benzene ring substituents is 1. The number of nitrogens with one attached hydrogen (secondary N) is 1. The number of carbonyl (C=O) groups is 1. The van der Waals surface area contributed by atoms with Crippen LogP contribution in [0.3, 0.4) is 0 Å². The van der Waals surface area contributed by atoms with E-state index in [1.165, 1.54) is 18.2 Å². The van der Waals surface area contributed by atoms with Crippen molar-refractivity contribution in [2.45, 2.75) is 19.8 Å². The Hall–Kier alpha value is -1.66. The number of halogens is 1. The van der Waals surface area contributed by atoms with Crippen molar-refractivity contribution in [2.24, 2.45) is 11.7 Å². The fourth-order valence-electron chi connectivity index (χ4n) is 1.58. The van der Waals surface area contributed by atoms with E-state index in [0.29, 0.717) is 18.0 Å². The Balaban J connectivity index is 2.83. The molecular weight excluding hydrogens is 270 g/mol. The van der Waals surface area contributed by atoms with Crippen LogP contribution in [0.15, 0.2) is 18.2 Å². The molecule has 0 bridgehead atoms. The number of anilines is 1. The smallest absolute Gasteiger partial charge is 0.292 e. The minimum absolute atomic E-state index is 0.113. The van der Waals surface area contributed by atoms with Gasteiger partial charge in [0.2, 0.25) is 5.91 Å². The van der Waals surface area contributed by atoms with Crippen molar-refractivity contribution in [3.63, 3.8) is 0 Å². The fraction of sp³-hybridized carbons (Fsp3) is 0.417. The van der Waals surface area contributed by atoms with Gasteiger partial charge in [0.05, 0.1) is 4.92 Å². The van der Waals surface area contributed by atoms with Gasteiger partial charge < -0.3 is 11.1 Å². The van der Waals surface area contributed by atoms with Gasteiger partial charge in [0.1, 0.15) is 5.69 Å². The fourth-order valence-corrected chi connectivity index (χ4v) is 1.75. The van der Waals surface area contributed by atoms with E-state index in [2.05, 4.69) is 5.32 Å². The first-order chi connectivity index (χ1) is 8.95. The highest BCUT2D eigenvalue weighted by Gasteiger charge is 2.19. The van der Waals surface area contributed by atoms with Crippen LogP contribution in [0.2, 0.25) is 5.02 Å². The van der Waals surface area contributed by atoms with Crippen molar-refractivity contribution in [2.75, 3.05) is 11.9 Å². The van der Waals surface area contributed by atoms with Gasteiger partial charge in [-0.3, -0.25) is 14.9 Å². The zero-order valence-corrected chi connectivity index (χ0v) is 11.3. The van der Waals surface area contributed by atoms with Crippen LogP contribution in [-0.2, 0) is 4.79 Å². The van der Waals surface area contributed by atoms with Crippen molar-refractivity contribution >= 4 is 28.9 Å². The standard InChI is InChI=1S/C12H16ClN3O3/c1-8(3-2-6-14)12(17)15-10-7-9(13)4-5-11(10)16(18)19/h4-5,7-8H,2-3,6,14H2,1H3,(H,15,17). The lowest BCUT2D eigenvalue weighted by Gasteiger charge is -2.12. The number of hydrogen-bond donors (Lipinski definition) is 2. The largest absolute Gasteiger partial charge is 0.330 e. The molecule has 0 saturated carbocycles. The molecule has 0 heterocycles. The van der Waals surface area contributed by atoms with E-state index < -0.39 is 4.92 Å². The summed E-state index contributed by atoms with van der Waals surface area (Å²) in [6.45, 7) is 2.26. The number of nitro groups is 1. The molecule has 0 radical (unpaired) electrons. The maximum Gasteiger partial charge on any atom is 0.292 e. The number of nitrogens with zero attached hydrogens (tertiary/aromatic N) is 1. The first kappa shape index (κ1) is 15.4. The molecule has 19 heavy (non-hydrogen) atoms. The molecule has 0 aliphatic carbocycles. The predicted octanol–water partition coefficient (Wildman–Crippen LogP) is 2.56. The Labute approximate surface area is 116 Å². The molecule has 6 nitrogen and oxygen atoms in total. The molecule has 0 spiro atoms. The summed E-state index contributed by atoms with van der Waals surface area (Å²) < 4.78 is 0. The summed E-state index contributed by atoms with van der Waals surface area (Å²) >= 11 is 5.78. The van der Waals surface area contributed by atoms with E-state index in [1.54, 1.807) is 6.92 Å². The van der Waals surface area contributed by atoms with Gasteiger partial charge in [-0.25, -0.2) is 0 Å². The average molecular weight is 286 g/mol. The van der Waals surface area contributed by atoms with Gasteiger partial charge in [-0.15, -0.1) is 0 Å². The zero-order valence-electron chi connectivity index (χ0n) is 10.6. The number of carbonyl (C=O) groups excluding carboxylic acids is 1. The third kappa shape index (κ3) is 4.50. The van der Waals surface area contributed by atoms with Crippen LogP contribution in [0.5, 0.6) is 0 Å². The molecular formula is C12H16ClN3O3. The Morgan fingerprint density at radius 1 is 1.58 bits per heavy atom. The van der Waals surface area contributed by atoms with E-state index >= 15 is 0 Å². The number of nitrogens with two attached hydrogens (primary N) is 1. The van der Waals surface area contributed by atoms with Crippen molar-refractivity contribution in [3.8, 4) is 0 Å². The zero-order chi connectivity index (χ0) is 14.4. The minimum Gasteiger partial charge on any atom is -0.330 e. The van der Waals surface area contributed by atoms with Crippen LogP contribution < -0.4 is 11.1 Å². The molecule has 3 N–H and O–H groups in total. The molecule has 1 atom stereocenters. The van der Waals surface area contributed by atoms with E-state index in [-0.39, 0.29) is 23.2 Å². The Kier molecular flexibility index (Phi) is 5.72. The van der Waals surface area contributed by atoms with Crippen LogP contribution in [0.4, 0.5) is 11.4 Å². The third-order valence-corrected chi connectivity index (χ3v) is 2.94. The maximum atomic E-state index is 11.9. The summed E-state index contributed by atoms with van der Waals surface area (Å²) in [5.41, 5.74) is 5.31. The highest BCUT2D eigenvalue weighted by molar-refractivity contribution is 6.31. The van der Waals surface area contributed by atoms with Crippen LogP contribution in [-0.4, -0.2) is 17.4 Å². The topological polar surface area (TPSA) is 98.3 Å². The lowest BCUT2D eigenvalue weighted by atomic mass is 10.0. The molecule has 1 amide bonds. The van der Waals surface area contributed by atoms with Crippen molar-refractivity contribution in [1.82, 2.24) is 0 Å². The highest BCUT2D eigenvalue weighted by Crippen LogP contribution is 2.28. The molecule has 0 aromatic heterocycles. The molecule has 104 valence electrons. The number of amides is 1. The SMILES string of the molecule is CC(CCCN)C(=O)Nc1cc(Cl)ccc1[N+](=O)[O-]. The summed E-state index contributed by atoms with van der Waals surface area (Å²) in [4.78, 5) is 22.2. The Morgan fingerprint density at radius 2 is 2.26 bits per heavy atom. The summed E-state index contributed by atoms with van der Waals surface area (Å²) in [5.74, 6) is -0.541. The number of benzene rings is 1. The maximum absolute atomic E-state index is 11.9. The number of hydrogen-bond acceptors (Lipinski definition) is 4. The van der Waals surface area contributed by atoms with Crippen LogP contribution in [0.25, 0.3) is 0 Å². The summed E-state index contributed by atoms with van der Waals surface area (Å²) in [5, 5.41) is 13.7. The Bertz CT molecular complexity index is 479. The average Bonchev–Trinajstić information content (AvgIpc) is 2.35. The van der Waals surface area contributed by atoms with Gasteiger partial charge in [-0.2, -0.15) is 0 Å². The van der Waals surface area contributed by atoms with Crippen molar-refractivity contribution < 1.29 is 9.72 Å². The van der Waals surface area contributed by atoms with E-state index in [4.69, 9.17) is 17.3 Å². The van der Waals surface area contributed by atoms with E-state index in [1.807, 2.05) is 0 Å². The summed E-state index contributed by atoms with van der Waals surface area (Å²) in [7, 11) is 0. The molecule has 1 rings (SSSR count). The first-order valence-electron chi connectivity index (χ1n) is 5.90. The summed E-state index contributed by atoms with van der Waals surface area (Å²) in [6, 6.07) is 4.04. The van der Waals surface area contributed by atoms with Crippen LogP contribution in [0, 0.1) is 16.0 Å². The minimum atomic E-state index is -0.559. The van der Waals surface area contributed by atoms with E-state index in [9.17, 15) is 14.9 Å². The van der Waals surface area contributed by atoms with Gasteiger partial charge in [0.15, 0.2) is 0 Å². The molecule has 0 fully saturated rings.